The van der Waals surface area contributed by atoms with Gasteiger partial charge in [0.1, 0.15) is 0 Å². The van der Waals surface area contributed by atoms with Crippen molar-refractivity contribution in [1.82, 2.24) is 4.90 Å². The molecule has 1 atom stereocenters. The maximum absolute atomic E-state index is 12.4. The molecule has 1 N–H and O–H groups in total. The average Bonchev–Trinajstić information content (AvgIpc) is 2.34. The highest BCUT2D eigenvalue weighted by atomic mass is 35.5. The molecule has 5 heteroatoms. The van der Waals surface area contributed by atoms with E-state index in [-0.39, 0.29) is 12.5 Å². The molecule has 0 spiro atoms. The van der Waals surface area contributed by atoms with Crippen LogP contribution in [0.4, 0.5) is 0 Å². The molecule has 0 heterocycles. The number of carbonyl (C=O) groups is 2. The van der Waals surface area contributed by atoms with E-state index in [1.807, 2.05) is 13.8 Å². The highest BCUT2D eigenvalue weighted by molar-refractivity contribution is 6.30. The Balaban J connectivity index is 2.92. The van der Waals surface area contributed by atoms with E-state index in [0.717, 1.165) is 5.56 Å². The summed E-state index contributed by atoms with van der Waals surface area (Å²) in [6, 6.07) is 5.06. The highest BCUT2D eigenvalue weighted by Crippen LogP contribution is 2.17. The SMILES string of the molecule is CCN(CC(C)C(=O)O)C(=O)c1ccc(Cl)cc1C. The lowest BCUT2D eigenvalue weighted by atomic mass is 10.1. The molecule has 1 amide bonds. The molecule has 0 aromatic heterocycles. The summed E-state index contributed by atoms with van der Waals surface area (Å²) in [6.07, 6.45) is 0. The number of hydrogen-bond donors (Lipinski definition) is 1. The van der Waals surface area contributed by atoms with Gasteiger partial charge in [0.15, 0.2) is 0 Å². The van der Waals surface area contributed by atoms with Gasteiger partial charge in [0.05, 0.1) is 5.92 Å². The van der Waals surface area contributed by atoms with Crippen LogP contribution in [0.5, 0.6) is 0 Å². The van der Waals surface area contributed by atoms with Gasteiger partial charge in [-0.15, -0.1) is 0 Å². The van der Waals surface area contributed by atoms with E-state index >= 15 is 0 Å². The van der Waals surface area contributed by atoms with Gasteiger partial charge in [0, 0.05) is 23.7 Å². The smallest absolute Gasteiger partial charge is 0.308 e. The van der Waals surface area contributed by atoms with Crippen LogP contribution in [0, 0.1) is 12.8 Å². The van der Waals surface area contributed by atoms with Crippen LogP contribution in [0.1, 0.15) is 29.8 Å². The molecule has 1 aromatic rings. The molecule has 4 nitrogen and oxygen atoms in total. The zero-order valence-electron chi connectivity index (χ0n) is 11.3. The Kier molecular flexibility index (Phi) is 5.36. The van der Waals surface area contributed by atoms with E-state index in [4.69, 9.17) is 16.7 Å². The summed E-state index contributed by atoms with van der Waals surface area (Å²) in [5.74, 6) is -1.65. The molecular weight excluding hydrogens is 266 g/mol. The second kappa shape index (κ2) is 6.57. The molecule has 0 fully saturated rings. The fraction of sp³-hybridized carbons (Fsp3) is 0.429. The van der Waals surface area contributed by atoms with E-state index in [2.05, 4.69) is 0 Å². The summed E-state index contributed by atoms with van der Waals surface area (Å²) in [7, 11) is 0. The van der Waals surface area contributed by atoms with Crippen molar-refractivity contribution in [2.24, 2.45) is 5.92 Å². The fourth-order valence-corrected chi connectivity index (χ4v) is 2.03. The minimum absolute atomic E-state index is 0.162. The number of aryl methyl sites for hydroxylation is 1. The first-order valence-electron chi connectivity index (χ1n) is 6.15. The Morgan fingerprint density at radius 1 is 1.42 bits per heavy atom. The van der Waals surface area contributed by atoms with Crippen molar-refractivity contribution in [3.8, 4) is 0 Å². The summed E-state index contributed by atoms with van der Waals surface area (Å²) in [4.78, 5) is 24.8. The van der Waals surface area contributed by atoms with Gasteiger partial charge in [-0.1, -0.05) is 18.5 Å². The van der Waals surface area contributed by atoms with Crippen molar-refractivity contribution in [1.29, 1.82) is 0 Å². The van der Waals surface area contributed by atoms with Gasteiger partial charge in [-0.25, -0.2) is 0 Å². The Morgan fingerprint density at radius 3 is 2.53 bits per heavy atom. The molecule has 0 aliphatic rings. The van der Waals surface area contributed by atoms with Crippen molar-refractivity contribution >= 4 is 23.5 Å². The Morgan fingerprint density at radius 2 is 2.05 bits per heavy atom. The van der Waals surface area contributed by atoms with Crippen molar-refractivity contribution in [2.45, 2.75) is 20.8 Å². The van der Waals surface area contributed by atoms with Gasteiger partial charge < -0.3 is 10.0 Å². The quantitative estimate of drug-likeness (QED) is 0.904. The van der Waals surface area contributed by atoms with E-state index in [1.165, 1.54) is 4.90 Å². The van der Waals surface area contributed by atoms with E-state index in [0.29, 0.717) is 17.1 Å². The maximum Gasteiger partial charge on any atom is 0.308 e. The highest BCUT2D eigenvalue weighted by Gasteiger charge is 2.21. The molecule has 0 radical (unpaired) electrons. The molecule has 19 heavy (non-hydrogen) atoms. The second-order valence-electron chi connectivity index (χ2n) is 4.54. The number of amides is 1. The Labute approximate surface area is 118 Å². The van der Waals surface area contributed by atoms with Gasteiger partial charge in [0.25, 0.3) is 5.91 Å². The van der Waals surface area contributed by atoms with Crippen molar-refractivity contribution < 1.29 is 14.7 Å². The molecular formula is C14H18ClNO3. The number of nitrogens with zero attached hydrogens (tertiary/aromatic N) is 1. The minimum Gasteiger partial charge on any atom is -0.481 e. The van der Waals surface area contributed by atoms with Gasteiger partial charge >= 0.3 is 5.97 Å². The lowest BCUT2D eigenvalue weighted by Crippen LogP contribution is -2.37. The molecule has 0 saturated heterocycles. The predicted molar refractivity (Wildman–Crippen MR) is 74.6 cm³/mol. The number of carboxylic acid groups (broad SMARTS) is 1. The predicted octanol–water partition coefficient (Wildman–Crippen LogP) is 2.83. The number of halogens is 1. The third-order valence-corrected chi connectivity index (χ3v) is 3.24. The first-order chi connectivity index (χ1) is 8.86. The third-order valence-electron chi connectivity index (χ3n) is 3.00. The molecule has 0 aliphatic heterocycles. The number of aliphatic carboxylic acids is 1. The molecule has 0 bridgehead atoms. The number of carbonyl (C=O) groups excluding carboxylic acids is 1. The van der Waals surface area contributed by atoms with Crippen LogP contribution < -0.4 is 0 Å². The lowest BCUT2D eigenvalue weighted by Gasteiger charge is -2.23. The Hall–Kier alpha value is -1.55. The third kappa shape index (κ3) is 3.96. The lowest BCUT2D eigenvalue weighted by molar-refractivity contribution is -0.141. The van der Waals surface area contributed by atoms with Crippen LogP contribution in [-0.2, 0) is 4.79 Å². The van der Waals surface area contributed by atoms with E-state index in [1.54, 1.807) is 25.1 Å². The number of rotatable bonds is 5. The average molecular weight is 284 g/mol. The first kappa shape index (κ1) is 15.5. The molecule has 104 valence electrons. The number of hydrogen-bond acceptors (Lipinski definition) is 2. The fourth-order valence-electron chi connectivity index (χ4n) is 1.80. The molecule has 0 saturated carbocycles. The van der Waals surface area contributed by atoms with Gasteiger partial charge in [-0.05, 0) is 37.6 Å². The van der Waals surface area contributed by atoms with Crippen LogP contribution in [0.2, 0.25) is 5.02 Å². The summed E-state index contributed by atoms with van der Waals surface area (Å²) < 4.78 is 0. The van der Waals surface area contributed by atoms with E-state index in [9.17, 15) is 9.59 Å². The van der Waals surface area contributed by atoms with Gasteiger partial charge in [0.2, 0.25) is 0 Å². The van der Waals surface area contributed by atoms with Gasteiger partial charge in [-0.2, -0.15) is 0 Å². The van der Waals surface area contributed by atoms with Crippen molar-refractivity contribution in [2.75, 3.05) is 13.1 Å². The van der Waals surface area contributed by atoms with Crippen LogP contribution in [-0.4, -0.2) is 35.0 Å². The molecule has 1 rings (SSSR count). The second-order valence-corrected chi connectivity index (χ2v) is 4.98. The zero-order valence-corrected chi connectivity index (χ0v) is 12.1. The maximum atomic E-state index is 12.4. The summed E-state index contributed by atoms with van der Waals surface area (Å²) in [6.45, 7) is 5.91. The van der Waals surface area contributed by atoms with Crippen molar-refractivity contribution in [3.05, 3.63) is 34.3 Å². The molecule has 1 unspecified atom stereocenters. The van der Waals surface area contributed by atoms with Gasteiger partial charge in [-0.3, -0.25) is 9.59 Å². The topological polar surface area (TPSA) is 57.6 Å². The minimum atomic E-state index is -0.904. The monoisotopic (exact) mass is 283 g/mol. The molecule has 1 aromatic carbocycles. The number of benzene rings is 1. The summed E-state index contributed by atoms with van der Waals surface area (Å²) in [5.41, 5.74) is 1.35. The van der Waals surface area contributed by atoms with Crippen LogP contribution >= 0.6 is 11.6 Å². The molecule has 0 aliphatic carbocycles. The van der Waals surface area contributed by atoms with Crippen LogP contribution in [0.25, 0.3) is 0 Å². The van der Waals surface area contributed by atoms with Crippen LogP contribution in [0.15, 0.2) is 18.2 Å². The summed E-state index contributed by atoms with van der Waals surface area (Å²) in [5, 5.41) is 9.49. The number of carboxylic acids is 1. The van der Waals surface area contributed by atoms with E-state index < -0.39 is 11.9 Å². The standard InChI is InChI=1S/C14H18ClNO3/c1-4-16(8-10(3)14(18)19)13(17)12-6-5-11(15)7-9(12)2/h5-7,10H,4,8H2,1-3H3,(H,18,19). The first-order valence-corrected chi connectivity index (χ1v) is 6.52. The van der Waals surface area contributed by atoms with Crippen LogP contribution in [0.3, 0.4) is 0 Å². The normalized spacial score (nSPS) is 12.0. The van der Waals surface area contributed by atoms with Crippen molar-refractivity contribution in [3.63, 3.8) is 0 Å². The zero-order chi connectivity index (χ0) is 14.6. The largest absolute Gasteiger partial charge is 0.481 e. The Bertz CT molecular complexity index is 488. The summed E-state index contributed by atoms with van der Waals surface area (Å²) >= 11 is 5.86.